The molecule has 1 fully saturated rings. The Kier molecular flexibility index (Phi) is 4.50. The van der Waals surface area contributed by atoms with Crippen molar-refractivity contribution in [2.75, 3.05) is 13.7 Å². The fraction of sp³-hybridized carbons (Fsp3) is 0.400. The lowest BCUT2D eigenvalue weighted by molar-refractivity contribution is -0.143. The molecule has 0 saturated carbocycles. The normalized spacial score (nSPS) is 15.9. The zero-order valence-corrected chi connectivity index (χ0v) is 11.4. The number of ether oxygens (including phenoxy) is 1. The molecule has 5 nitrogen and oxygen atoms in total. The van der Waals surface area contributed by atoms with Gasteiger partial charge in [-0.15, -0.1) is 0 Å². The van der Waals surface area contributed by atoms with Crippen LogP contribution in [-0.4, -0.2) is 36.2 Å². The third kappa shape index (κ3) is 3.23. The van der Waals surface area contributed by atoms with Crippen LogP contribution in [0.15, 0.2) is 24.3 Å². The van der Waals surface area contributed by atoms with Crippen LogP contribution in [0.2, 0.25) is 0 Å². The molecule has 1 heterocycles. The Morgan fingerprint density at radius 3 is 2.15 bits per heavy atom. The molecule has 0 unspecified atom stereocenters. The molecule has 0 spiro atoms. The van der Waals surface area contributed by atoms with Crippen molar-refractivity contribution in [3.8, 4) is 5.75 Å². The second-order valence-electron chi connectivity index (χ2n) is 4.73. The topological polar surface area (TPSA) is 63.7 Å². The van der Waals surface area contributed by atoms with E-state index in [9.17, 15) is 14.4 Å². The number of methoxy groups -OCH3 is 1. The van der Waals surface area contributed by atoms with E-state index in [2.05, 4.69) is 0 Å². The Balaban J connectivity index is 2.08. The first-order valence-corrected chi connectivity index (χ1v) is 6.62. The van der Waals surface area contributed by atoms with E-state index in [0.29, 0.717) is 37.0 Å². The minimum atomic E-state index is -0.255. The monoisotopic (exact) mass is 275 g/mol. The van der Waals surface area contributed by atoms with Crippen LogP contribution in [0.4, 0.5) is 0 Å². The van der Waals surface area contributed by atoms with E-state index in [-0.39, 0.29) is 24.1 Å². The highest BCUT2D eigenvalue weighted by atomic mass is 16.5. The quantitative estimate of drug-likeness (QED) is 0.621. The van der Waals surface area contributed by atoms with Crippen LogP contribution in [-0.2, 0) is 9.59 Å². The van der Waals surface area contributed by atoms with Gasteiger partial charge in [0.1, 0.15) is 5.75 Å². The van der Waals surface area contributed by atoms with E-state index >= 15 is 0 Å². The predicted octanol–water partition coefficient (Wildman–Crippen LogP) is 1.81. The Hall–Kier alpha value is -2.17. The number of likely N-dealkylation sites (tertiary alicyclic amines) is 1. The van der Waals surface area contributed by atoms with Gasteiger partial charge in [0.15, 0.2) is 5.78 Å². The number of ketones is 1. The molecule has 5 heteroatoms. The van der Waals surface area contributed by atoms with Crippen molar-refractivity contribution in [3.63, 3.8) is 0 Å². The molecule has 0 radical (unpaired) electrons. The summed E-state index contributed by atoms with van der Waals surface area (Å²) in [5.41, 5.74) is 0.468. The van der Waals surface area contributed by atoms with Crippen LogP contribution in [0.5, 0.6) is 5.75 Å². The molecular formula is C15H17NO4. The van der Waals surface area contributed by atoms with Gasteiger partial charge in [-0.2, -0.15) is 0 Å². The SMILES string of the molecule is COc1ccc(C(=O)CN2C(=O)CCCCC2=O)cc1. The number of carbonyl (C=O) groups is 3. The molecule has 106 valence electrons. The summed E-state index contributed by atoms with van der Waals surface area (Å²) in [6.07, 6.45) is 2.08. The van der Waals surface area contributed by atoms with E-state index < -0.39 is 0 Å². The van der Waals surface area contributed by atoms with E-state index in [0.717, 1.165) is 4.90 Å². The average Bonchev–Trinajstić information content (AvgIpc) is 2.62. The Morgan fingerprint density at radius 1 is 1.10 bits per heavy atom. The van der Waals surface area contributed by atoms with Crippen molar-refractivity contribution in [1.29, 1.82) is 0 Å². The summed E-state index contributed by atoms with van der Waals surface area (Å²) in [6.45, 7) is -0.177. The van der Waals surface area contributed by atoms with E-state index in [4.69, 9.17) is 4.74 Å². The first-order chi connectivity index (χ1) is 9.61. The molecular weight excluding hydrogens is 258 g/mol. The van der Waals surface area contributed by atoms with E-state index in [1.165, 1.54) is 0 Å². The van der Waals surface area contributed by atoms with Gasteiger partial charge in [-0.3, -0.25) is 19.3 Å². The van der Waals surface area contributed by atoms with Crippen LogP contribution in [0.25, 0.3) is 0 Å². The van der Waals surface area contributed by atoms with Crippen LogP contribution in [0.1, 0.15) is 36.0 Å². The number of Topliss-reactive ketones (excluding diaryl/α,β-unsaturated/α-hetero) is 1. The minimum Gasteiger partial charge on any atom is -0.497 e. The maximum absolute atomic E-state index is 12.1. The second kappa shape index (κ2) is 6.32. The number of imide groups is 1. The first kappa shape index (κ1) is 14.2. The van der Waals surface area contributed by atoms with Gasteiger partial charge in [0.2, 0.25) is 11.8 Å². The van der Waals surface area contributed by atoms with Gasteiger partial charge < -0.3 is 4.74 Å². The van der Waals surface area contributed by atoms with Crippen LogP contribution >= 0.6 is 0 Å². The molecule has 0 aliphatic carbocycles. The smallest absolute Gasteiger partial charge is 0.229 e. The van der Waals surface area contributed by atoms with Crippen molar-refractivity contribution in [1.82, 2.24) is 4.90 Å². The van der Waals surface area contributed by atoms with Crippen molar-refractivity contribution < 1.29 is 19.1 Å². The number of hydrogen-bond donors (Lipinski definition) is 0. The van der Waals surface area contributed by atoms with Crippen LogP contribution in [0.3, 0.4) is 0 Å². The van der Waals surface area contributed by atoms with Gasteiger partial charge in [-0.25, -0.2) is 0 Å². The number of rotatable bonds is 4. The molecule has 2 amide bonds. The number of nitrogens with zero attached hydrogens (tertiary/aromatic N) is 1. The van der Waals surface area contributed by atoms with Crippen molar-refractivity contribution in [2.45, 2.75) is 25.7 Å². The Bertz CT molecular complexity index is 503. The molecule has 0 N–H and O–H groups in total. The second-order valence-corrected chi connectivity index (χ2v) is 4.73. The lowest BCUT2D eigenvalue weighted by Crippen LogP contribution is -2.39. The fourth-order valence-corrected chi connectivity index (χ4v) is 2.15. The molecule has 0 aromatic heterocycles. The van der Waals surface area contributed by atoms with Gasteiger partial charge in [0.25, 0.3) is 0 Å². The standard InChI is InChI=1S/C15H17NO4/c1-20-12-8-6-11(7-9-12)13(17)10-16-14(18)4-2-3-5-15(16)19/h6-9H,2-5,10H2,1H3. The Labute approximate surface area is 117 Å². The highest BCUT2D eigenvalue weighted by Crippen LogP contribution is 2.15. The molecule has 0 bridgehead atoms. The van der Waals surface area contributed by atoms with E-state index in [1.807, 2.05) is 0 Å². The number of carbonyl (C=O) groups excluding carboxylic acids is 3. The molecule has 20 heavy (non-hydrogen) atoms. The summed E-state index contributed by atoms with van der Waals surface area (Å²) in [6, 6.07) is 6.63. The first-order valence-electron chi connectivity index (χ1n) is 6.62. The number of benzene rings is 1. The molecule has 1 aliphatic rings. The van der Waals surface area contributed by atoms with Gasteiger partial charge in [-0.05, 0) is 37.1 Å². The highest BCUT2D eigenvalue weighted by Gasteiger charge is 2.26. The molecule has 1 saturated heterocycles. The third-order valence-electron chi connectivity index (χ3n) is 3.35. The van der Waals surface area contributed by atoms with Crippen LogP contribution < -0.4 is 4.74 Å². The summed E-state index contributed by atoms with van der Waals surface area (Å²) in [5.74, 6) is -0.0940. The molecule has 1 aliphatic heterocycles. The predicted molar refractivity (Wildman–Crippen MR) is 72.5 cm³/mol. The largest absolute Gasteiger partial charge is 0.497 e. The third-order valence-corrected chi connectivity index (χ3v) is 3.35. The molecule has 2 rings (SSSR count). The lowest BCUT2D eigenvalue weighted by Gasteiger charge is -2.17. The fourth-order valence-electron chi connectivity index (χ4n) is 2.15. The molecule has 1 aromatic rings. The Morgan fingerprint density at radius 2 is 1.65 bits per heavy atom. The number of amides is 2. The summed E-state index contributed by atoms with van der Waals surface area (Å²) >= 11 is 0. The van der Waals surface area contributed by atoms with Gasteiger partial charge in [0.05, 0.1) is 13.7 Å². The zero-order chi connectivity index (χ0) is 14.5. The van der Waals surface area contributed by atoms with Crippen molar-refractivity contribution >= 4 is 17.6 Å². The van der Waals surface area contributed by atoms with Crippen molar-refractivity contribution in [3.05, 3.63) is 29.8 Å². The van der Waals surface area contributed by atoms with Crippen molar-refractivity contribution in [2.24, 2.45) is 0 Å². The van der Waals surface area contributed by atoms with Gasteiger partial charge >= 0.3 is 0 Å². The highest BCUT2D eigenvalue weighted by molar-refractivity contribution is 6.04. The number of hydrogen-bond acceptors (Lipinski definition) is 4. The maximum atomic E-state index is 12.1. The minimum absolute atomic E-state index is 0.177. The molecule has 1 aromatic carbocycles. The van der Waals surface area contributed by atoms with Crippen LogP contribution in [0, 0.1) is 0 Å². The van der Waals surface area contributed by atoms with E-state index in [1.54, 1.807) is 31.4 Å². The van der Waals surface area contributed by atoms with Gasteiger partial charge in [-0.1, -0.05) is 0 Å². The lowest BCUT2D eigenvalue weighted by atomic mass is 10.1. The average molecular weight is 275 g/mol. The molecule has 0 atom stereocenters. The summed E-state index contributed by atoms with van der Waals surface area (Å²) in [4.78, 5) is 36.9. The summed E-state index contributed by atoms with van der Waals surface area (Å²) < 4.78 is 5.02. The summed E-state index contributed by atoms with van der Waals surface area (Å²) in [7, 11) is 1.55. The summed E-state index contributed by atoms with van der Waals surface area (Å²) in [5, 5.41) is 0. The maximum Gasteiger partial charge on any atom is 0.229 e. The van der Waals surface area contributed by atoms with Gasteiger partial charge in [0, 0.05) is 18.4 Å². The zero-order valence-electron chi connectivity index (χ0n) is 11.4.